The molecule has 2 aromatic carbocycles. The Hall–Kier alpha value is -2.16. The van der Waals surface area contributed by atoms with Gasteiger partial charge in [0.1, 0.15) is 17.6 Å². The molecule has 0 fully saturated rings. The predicted molar refractivity (Wildman–Crippen MR) is 80.6 cm³/mol. The lowest BCUT2D eigenvalue weighted by Crippen LogP contribution is -2.32. The minimum atomic E-state index is 0.00945. The van der Waals surface area contributed by atoms with Crippen LogP contribution in [0, 0.1) is 6.92 Å². The Bertz CT molecular complexity index is 607. The average Bonchev–Trinajstić information content (AvgIpc) is 2.47. The second kappa shape index (κ2) is 5.08. The number of nitrogens with one attached hydrogen (secondary N) is 1. The van der Waals surface area contributed by atoms with Crippen molar-refractivity contribution in [1.82, 2.24) is 0 Å². The second-order valence-electron chi connectivity index (χ2n) is 5.24. The number of ether oxygens (including phenoxy) is 2. The first kappa shape index (κ1) is 12.9. The monoisotopic (exact) mass is 269 g/mol. The van der Waals surface area contributed by atoms with E-state index in [4.69, 9.17) is 9.47 Å². The van der Waals surface area contributed by atoms with Crippen LogP contribution >= 0.6 is 0 Å². The third kappa shape index (κ3) is 2.31. The fourth-order valence-electron chi connectivity index (χ4n) is 2.56. The maximum Gasteiger partial charge on any atom is 0.144 e. The highest BCUT2D eigenvalue weighted by molar-refractivity contribution is 5.60. The Morgan fingerprint density at radius 1 is 1.10 bits per heavy atom. The highest BCUT2D eigenvalue weighted by Crippen LogP contribution is 2.38. The van der Waals surface area contributed by atoms with Crippen molar-refractivity contribution in [3.63, 3.8) is 0 Å². The predicted octanol–water partition coefficient (Wildman–Crippen LogP) is 3.94. The van der Waals surface area contributed by atoms with E-state index in [1.54, 1.807) is 7.11 Å². The standard InChI is InChI=1S/C17H19NO2/c1-11-4-9-15-16(10-11)20-17(12(2)18-15)13-5-7-14(19-3)8-6-13/h4-10,12,17-18H,1-3H3. The maximum absolute atomic E-state index is 6.18. The average molecular weight is 269 g/mol. The molecule has 1 aliphatic heterocycles. The summed E-state index contributed by atoms with van der Waals surface area (Å²) in [5.74, 6) is 1.78. The second-order valence-corrected chi connectivity index (χ2v) is 5.24. The van der Waals surface area contributed by atoms with Crippen molar-refractivity contribution in [1.29, 1.82) is 0 Å². The highest BCUT2D eigenvalue weighted by Gasteiger charge is 2.27. The number of aryl methyl sites for hydroxylation is 1. The summed E-state index contributed by atoms with van der Waals surface area (Å²) in [5.41, 5.74) is 3.42. The van der Waals surface area contributed by atoms with Gasteiger partial charge < -0.3 is 14.8 Å². The van der Waals surface area contributed by atoms with Crippen molar-refractivity contribution in [2.24, 2.45) is 0 Å². The van der Waals surface area contributed by atoms with Crippen LogP contribution in [0.15, 0.2) is 42.5 Å². The Morgan fingerprint density at radius 3 is 2.55 bits per heavy atom. The molecule has 0 amide bonds. The van der Waals surface area contributed by atoms with E-state index in [2.05, 4.69) is 49.5 Å². The van der Waals surface area contributed by atoms with Gasteiger partial charge in [0.05, 0.1) is 18.8 Å². The summed E-state index contributed by atoms with van der Waals surface area (Å²) in [6.45, 7) is 4.21. The Morgan fingerprint density at radius 2 is 1.85 bits per heavy atom. The third-order valence-electron chi connectivity index (χ3n) is 3.67. The number of benzene rings is 2. The summed E-state index contributed by atoms with van der Waals surface area (Å²) < 4.78 is 11.4. The van der Waals surface area contributed by atoms with Crippen molar-refractivity contribution in [2.45, 2.75) is 26.0 Å². The van der Waals surface area contributed by atoms with Crippen LogP contribution in [-0.2, 0) is 0 Å². The van der Waals surface area contributed by atoms with Crippen LogP contribution in [0.1, 0.15) is 24.2 Å². The van der Waals surface area contributed by atoms with Gasteiger partial charge in [0, 0.05) is 0 Å². The molecule has 0 aliphatic carbocycles. The van der Waals surface area contributed by atoms with Gasteiger partial charge in [-0.1, -0.05) is 18.2 Å². The van der Waals surface area contributed by atoms with E-state index in [0.717, 1.165) is 22.7 Å². The molecule has 2 aromatic rings. The zero-order valence-electron chi connectivity index (χ0n) is 12.0. The number of rotatable bonds is 2. The van der Waals surface area contributed by atoms with Gasteiger partial charge in [-0.05, 0) is 49.2 Å². The molecule has 3 rings (SSSR count). The van der Waals surface area contributed by atoms with Gasteiger partial charge in [0.2, 0.25) is 0 Å². The number of hydrogen-bond acceptors (Lipinski definition) is 3. The van der Waals surface area contributed by atoms with Crippen LogP contribution in [0.2, 0.25) is 0 Å². The van der Waals surface area contributed by atoms with Crippen molar-refractivity contribution in [3.8, 4) is 11.5 Å². The van der Waals surface area contributed by atoms with Crippen molar-refractivity contribution in [2.75, 3.05) is 12.4 Å². The Labute approximate surface area is 119 Å². The molecular weight excluding hydrogens is 250 g/mol. The molecule has 1 N–H and O–H groups in total. The Kier molecular flexibility index (Phi) is 3.26. The Balaban J connectivity index is 1.90. The lowest BCUT2D eigenvalue weighted by Gasteiger charge is -2.33. The van der Waals surface area contributed by atoms with Crippen molar-refractivity contribution < 1.29 is 9.47 Å². The zero-order valence-corrected chi connectivity index (χ0v) is 12.0. The van der Waals surface area contributed by atoms with Crippen LogP contribution < -0.4 is 14.8 Å². The summed E-state index contributed by atoms with van der Waals surface area (Å²) >= 11 is 0. The molecule has 0 saturated heterocycles. The fraction of sp³-hybridized carbons (Fsp3) is 0.294. The lowest BCUT2D eigenvalue weighted by atomic mass is 10.0. The lowest BCUT2D eigenvalue weighted by molar-refractivity contribution is 0.177. The van der Waals surface area contributed by atoms with Crippen LogP contribution in [-0.4, -0.2) is 13.2 Å². The molecule has 0 bridgehead atoms. The van der Waals surface area contributed by atoms with Gasteiger partial charge >= 0.3 is 0 Å². The van der Waals surface area contributed by atoms with Gasteiger partial charge in [0.15, 0.2) is 0 Å². The molecule has 104 valence electrons. The minimum absolute atomic E-state index is 0.00945. The smallest absolute Gasteiger partial charge is 0.144 e. The first-order chi connectivity index (χ1) is 9.67. The molecule has 3 heteroatoms. The largest absolute Gasteiger partial charge is 0.497 e. The number of hydrogen-bond donors (Lipinski definition) is 1. The van der Waals surface area contributed by atoms with E-state index in [-0.39, 0.29) is 12.1 Å². The van der Waals surface area contributed by atoms with Gasteiger partial charge in [-0.15, -0.1) is 0 Å². The molecule has 0 radical (unpaired) electrons. The molecule has 20 heavy (non-hydrogen) atoms. The summed E-state index contributed by atoms with van der Waals surface area (Å²) in [7, 11) is 1.68. The van der Waals surface area contributed by atoms with Crippen molar-refractivity contribution in [3.05, 3.63) is 53.6 Å². The van der Waals surface area contributed by atoms with Crippen LogP contribution in [0.25, 0.3) is 0 Å². The van der Waals surface area contributed by atoms with E-state index in [9.17, 15) is 0 Å². The quantitative estimate of drug-likeness (QED) is 0.895. The molecule has 2 unspecified atom stereocenters. The highest BCUT2D eigenvalue weighted by atomic mass is 16.5. The van der Waals surface area contributed by atoms with Gasteiger partial charge in [-0.3, -0.25) is 0 Å². The summed E-state index contributed by atoms with van der Waals surface area (Å²) in [4.78, 5) is 0. The third-order valence-corrected chi connectivity index (χ3v) is 3.67. The summed E-state index contributed by atoms with van der Waals surface area (Å²) in [6.07, 6.45) is 0.00945. The summed E-state index contributed by atoms with van der Waals surface area (Å²) in [5, 5.41) is 3.51. The van der Waals surface area contributed by atoms with Crippen LogP contribution in [0.3, 0.4) is 0 Å². The normalized spacial score (nSPS) is 20.6. The van der Waals surface area contributed by atoms with Gasteiger partial charge in [-0.25, -0.2) is 0 Å². The van der Waals surface area contributed by atoms with Crippen LogP contribution in [0.4, 0.5) is 5.69 Å². The van der Waals surface area contributed by atoms with Gasteiger partial charge in [-0.2, -0.15) is 0 Å². The molecule has 0 saturated carbocycles. The molecule has 2 atom stereocenters. The van der Waals surface area contributed by atoms with E-state index in [1.807, 2.05) is 12.1 Å². The van der Waals surface area contributed by atoms with Crippen LogP contribution in [0.5, 0.6) is 11.5 Å². The van der Waals surface area contributed by atoms with E-state index in [1.165, 1.54) is 5.56 Å². The maximum atomic E-state index is 6.18. The first-order valence-corrected chi connectivity index (χ1v) is 6.85. The minimum Gasteiger partial charge on any atom is -0.497 e. The summed E-state index contributed by atoms with van der Waals surface area (Å²) in [6, 6.07) is 14.5. The SMILES string of the molecule is COc1ccc(C2Oc3cc(C)ccc3NC2C)cc1. The zero-order chi connectivity index (χ0) is 14.1. The molecule has 3 nitrogen and oxygen atoms in total. The number of methoxy groups -OCH3 is 1. The molecule has 0 aromatic heterocycles. The molecule has 1 heterocycles. The van der Waals surface area contributed by atoms with E-state index in [0.29, 0.717) is 0 Å². The van der Waals surface area contributed by atoms with E-state index >= 15 is 0 Å². The number of fused-ring (bicyclic) bond motifs is 1. The number of anilines is 1. The molecule has 0 spiro atoms. The van der Waals surface area contributed by atoms with Crippen molar-refractivity contribution >= 4 is 5.69 Å². The molecule has 1 aliphatic rings. The topological polar surface area (TPSA) is 30.5 Å². The van der Waals surface area contributed by atoms with Gasteiger partial charge in [0.25, 0.3) is 0 Å². The molecular formula is C17H19NO2. The first-order valence-electron chi connectivity index (χ1n) is 6.85. The fourth-order valence-corrected chi connectivity index (χ4v) is 2.56. The van der Waals surface area contributed by atoms with E-state index < -0.39 is 0 Å².